The Labute approximate surface area is 185 Å². The monoisotopic (exact) mass is 438 g/mol. The second kappa shape index (κ2) is 6.76. The van der Waals surface area contributed by atoms with Gasteiger partial charge in [-0.15, -0.1) is 0 Å². The van der Waals surface area contributed by atoms with Crippen molar-refractivity contribution in [3.05, 3.63) is 92.0 Å². The van der Waals surface area contributed by atoms with Crippen LogP contribution in [0.5, 0.6) is 11.5 Å². The molecule has 0 heterocycles. The molecule has 0 amide bonds. The normalized spacial score (nSPS) is 20.2. The number of halogens is 2. The summed E-state index contributed by atoms with van der Waals surface area (Å²) >= 11 is 13.3. The molecule has 0 aromatic heterocycles. The first-order valence-electron chi connectivity index (χ1n) is 9.77. The lowest BCUT2D eigenvalue weighted by Gasteiger charge is -2.51. The first-order chi connectivity index (χ1) is 14.4. The Hall–Kier alpha value is -2.49. The van der Waals surface area contributed by atoms with Crippen molar-refractivity contribution in [3.63, 3.8) is 0 Å². The second-order valence-electron chi connectivity index (χ2n) is 7.91. The molecule has 152 valence electrons. The van der Waals surface area contributed by atoms with Gasteiger partial charge >= 0.3 is 0 Å². The van der Waals surface area contributed by atoms with Crippen LogP contribution in [-0.4, -0.2) is 20.0 Å². The van der Waals surface area contributed by atoms with E-state index >= 15 is 0 Å². The maximum Gasteiger partial charge on any atom is 0.131 e. The quantitative estimate of drug-likeness (QED) is 0.491. The summed E-state index contributed by atoms with van der Waals surface area (Å²) in [5, 5.41) is 1.31. The summed E-state index contributed by atoms with van der Waals surface area (Å²) in [6.45, 7) is 1.62. The van der Waals surface area contributed by atoms with Crippen LogP contribution in [0.2, 0.25) is 10.0 Å². The number of benzene rings is 3. The molecular weight excluding hydrogens is 419 g/mol. The first kappa shape index (κ1) is 19.5. The summed E-state index contributed by atoms with van der Waals surface area (Å²) in [5.41, 5.74) is 5.38. The molecule has 0 aliphatic heterocycles. The molecule has 0 fully saturated rings. The van der Waals surface area contributed by atoms with Gasteiger partial charge in [-0.05, 0) is 59.5 Å². The molecule has 2 unspecified atom stereocenters. The Bertz CT molecular complexity index is 1220. The van der Waals surface area contributed by atoms with Gasteiger partial charge in [-0.25, -0.2) is 0 Å². The Morgan fingerprint density at radius 1 is 0.967 bits per heavy atom. The number of hydrogen-bond donors (Lipinski definition) is 0. The average Bonchev–Trinajstić information content (AvgIpc) is 2.72. The summed E-state index contributed by atoms with van der Waals surface area (Å²) in [7, 11) is 3.32. The second-order valence-corrected chi connectivity index (χ2v) is 8.76. The minimum atomic E-state index is -0.774. The molecule has 6 rings (SSSR count). The summed E-state index contributed by atoms with van der Waals surface area (Å²) in [5.74, 6) is 1.45. The molecule has 0 saturated heterocycles. The van der Waals surface area contributed by atoms with Gasteiger partial charge in [0.2, 0.25) is 0 Å². The van der Waals surface area contributed by atoms with E-state index in [1.807, 2.05) is 42.5 Å². The molecule has 0 saturated carbocycles. The van der Waals surface area contributed by atoms with Gasteiger partial charge in [-0.2, -0.15) is 0 Å². The highest BCUT2D eigenvalue weighted by molar-refractivity contribution is 6.32. The zero-order chi connectivity index (χ0) is 21.2. The molecule has 3 aromatic rings. The van der Waals surface area contributed by atoms with Crippen molar-refractivity contribution in [1.29, 1.82) is 0 Å². The number of methoxy groups -OCH3 is 2. The Morgan fingerprint density at radius 3 is 2.40 bits per heavy atom. The number of carbonyl (C=O) groups excluding carboxylic acids is 1. The first-order valence-corrected chi connectivity index (χ1v) is 10.5. The van der Waals surface area contributed by atoms with Gasteiger partial charge in [0.1, 0.15) is 17.3 Å². The molecular formula is C25H20Cl2O3. The predicted molar refractivity (Wildman–Crippen MR) is 119 cm³/mol. The van der Waals surface area contributed by atoms with Crippen molar-refractivity contribution in [2.75, 3.05) is 14.2 Å². The number of carbonyl (C=O) groups is 1. The van der Waals surface area contributed by atoms with E-state index in [0.29, 0.717) is 10.0 Å². The molecule has 0 spiro atoms. The lowest BCUT2D eigenvalue weighted by Crippen LogP contribution is -2.44. The van der Waals surface area contributed by atoms with Crippen LogP contribution in [0.3, 0.4) is 0 Å². The summed E-state index contributed by atoms with van der Waals surface area (Å²) in [4.78, 5) is 12.7. The van der Waals surface area contributed by atoms with Gasteiger partial charge in [0, 0.05) is 33.5 Å². The molecule has 0 N–H and O–H groups in total. The van der Waals surface area contributed by atoms with E-state index in [-0.39, 0.29) is 18.1 Å². The largest absolute Gasteiger partial charge is 0.496 e. The summed E-state index contributed by atoms with van der Waals surface area (Å²) < 4.78 is 11.6. The van der Waals surface area contributed by atoms with Crippen molar-refractivity contribution in [2.45, 2.75) is 24.7 Å². The minimum Gasteiger partial charge on any atom is -0.496 e. The van der Waals surface area contributed by atoms with Gasteiger partial charge < -0.3 is 9.47 Å². The smallest absolute Gasteiger partial charge is 0.131 e. The fraction of sp³-hybridized carbons (Fsp3) is 0.240. The number of ether oxygens (including phenoxy) is 2. The van der Waals surface area contributed by atoms with Crippen LogP contribution < -0.4 is 9.47 Å². The topological polar surface area (TPSA) is 35.5 Å². The van der Waals surface area contributed by atoms with Crippen molar-refractivity contribution in [2.24, 2.45) is 0 Å². The van der Waals surface area contributed by atoms with Gasteiger partial charge in [0.05, 0.1) is 19.6 Å². The SMILES string of the molecule is COc1ccc(OC)c2c1C1c3cc(Cl)ccc3C2(CC(C)=O)c2c(Cl)cccc21. The molecule has 3 aliphatic carbocycles. The number of hydrogen-bond acceptors (Lipinski definition) is 3. The highest BCUT2D eigenvalue weighted by atomic mass is 35.5. The lowest BCUT2D eigenvalue weighted by molar-refractivity contribution is -0.117. The molecule has 0 radical (unpaired) electrons. The fourth-order valence-corrected chi connectivity index (χ4v) is 6.09. The third kappa shape index (κ3) is 2.36. The van der Waals surface area contributed by atoms with Crippen molar-refractivity contribution in [3.8, 4) is 11.5 Å². The average molecular weight is 439 g/mol. The Kier molecular flexibility index (Phi) is 4.39. The van der Waals surface area contributed by atoms with E-state index in [4.69, 9.17) is 32.7 Å². The van der Waals surface area contributed by atoms with Crippen LogP contribution >= 0.6 is 23.2 Å². The third-order valence-electron chi connectivity index (χ3n) is 6.40. The summed E-state index contributed by atoms with van der Waals surface area (Å²) in [6, 6.07) is 15.7. The molecule has 2 atom stereocenters. The van der Waals surface area contributed by atoms with Crippen molar-refractivity contribution >= 4 is 29.0 Å². The van der Waals surface area contributed by atoms with Gasteiger partial charge in [0.15, 0.2) is 0 Å². The van der Waals surface area contributed by atoms with Crippen LogP contribution in [0.1, 0.15) is 52.6 Å². The van der Waals surface area contributed by atoms with Gasteiger partial charge in [0.25, 0.3) is 0 Å². The minimum absolute atomic E-state index is 0.0675. The zero-order valence-electron chi connectivity index (χ0n) is 16.9. The lowest BCUT2D eigenvalue weighted by atomic mass is 9.51. The van der Waals surface area contributed by atoms with Crippen LogP contribution in [0.15, 0.2) is 48.5 Å². The van der Waals surface area contributed by atoms with E-state index < -0.39 is 5.41 Å². The van der Waals surface area contributed by atoms with Crippen molar-refractivity contribution < 1.29 is 14.3 Å². The van der Waals surface area contributed by atoms with Crippen molar-refractivity contribution in [1.82, 2.24) is 0 Å². The molecule has 5 heteroatoms. The van der Waals surface area contributed by atoms with Crippen LogP contribution in [0.25, 0.3) is 0 Å². The van der Waals surface area contributed by atoms with E-state index in [2.05, 4.69) is 6.07 Å². The third-order valence-corrected chi connectivity index (χ3v) is 6.95. The molecule has 30 heavy (non-hydrogen) atoms. The molecule has 2 bridgehead atoms. The van der Waals surface area contributed by atoms with Gasteiger partial charge in [-0.1, -0.05) is 41.4 Å². The molecule has 3 aliphatic rings. The van der Waals surface area contributed by atoms with E-state index in [1.165, 1.54) is 0 Å². The standard InChI is InChI=1S/C25H20Cl2O3/c1-13(28)12-25-17-8-7-14(26)11-16(17)21(15-5-4-6-18(27)23(15)25)22-19(29-2)9-10-20(30-3)24(22)25/h4-11,21H,12H2,1-3H3. The maximum atomic E-state index is 12.7. The number of rotatable bonds is 4. The van der Waals surface area contributed by atoms with Gasteiger partial charge in [-0.3, -0.25) is 4.79 Å². The number of Topliss-reactive ketones (excluding diaryl/α,β-unsaturated/α-hetero) is 1. The van der Waals surface area contributed by atoms with E-state index in [9.17, 15) is 4.79 Å². The van der Waals surface area contributed by atoms with Crippen LogP contribution in [0, 0.1) is 0 Å². The number of ketones is 1. The Balaban J connectivity index is 2.04. The Morgan fingerprint density at radius 2 is 1.70 bits per heavy atom. The molecule has 3 nitrogen and oxygen atoms in total. The zero-order valence-corrected chi connectivity index (χ0v) is 18.4. The highest BCUT2D eigenvalue weighted by Gasteiger charge is 2.55. The van der Waals surface area contributed by atoms with E-state index in [0.717, 1.165) is 44.9 Å². The van der Waals surface area contributed by atoms with Crippen LogP contribution in [0.4, 0.5) is 0 Å². The fourth-order valence-electron chi connectivity index (χ4n) is 5.57. The maximum absolute atomic E-state index is 12.7. The molecule has 3 aromatic carbocycles. The summed E-state index contributed by atoms with van der Waals surface area (Å²) in [6.07, 6.45) is 0.265. The highest BCUT2D eigenvalue weighted by Crippen LogP contribution is 2.65. The van der Waals surface area contributed by atoms with Crippen LogP contribution in [-0.2, 0) is 10.2 Å². The van der Waals surface area contributed by atoms with E-state index in [1.54, 1.807) is 21.1 Å². The predicted octanol–water partition coefficient (Wildman–Crippen LogP) is 6.13.